The summed E-state index contributed by atoms with van der Waals surface area (Å²) in [6.07, 6.45) is 4.14. The molecule has 1 aromatic carbocycles. The van der Waals surface area contributed by atoms with E-state index in [1.807, 2.05) is 17.5 Å². The van der Waals surface area contributed by atoms with Crippen LogP contribution in [0.5, 0.6) is 0 Å². The van der Waals surface area contributed by atoms with E-state index in [-0.39, 0.29) is 5.91 Å². The average molecular weight is 378 g/mol. The van der Waals surface area contributed by atoms with Gasteiger partial charge >= 0.3 is 0 Å². The van der Waals surface area contributed by atoms with Crippen LogP contribution in [-0.4, -0.2) is 22.4 Å². The summed E-state index contributed by atoms with van der Waals surface area (Å²) in [6, 6.07) is 8.65. The molecule has 1 amide bonds. The van der Waals surface area contributed by atoms with Crippen molar-refractivity contribution in [1.82, 2.24) is 15.3 Å². The molecule has 0 atom stereocenters. The molecule has 0 bridgehead atoms. The Morgan fingerprint density at radius 2 is 1.96 bits per heavy atom. The molecular formula is C17H13Cl2N3OS. The Morgan fingerprint density at radius 1 is 1.17 bits per heavy atom. The summed E-state index contributed by atoms with van der Waals surface area (Å²) in [5.41, 5.74) is 2.37. The molecule has 0 saturated carbocycles. The van der Waals surface area contributed by atoms with Crippen LogP contribution in [-0.2, 0) is 6.42 Å². The normalized spacial score (nSPS) is 10.6. The van der Waals surface area contributed by atoms with Crippen molar-refractivity contribution < 1.29 is 4.79 Å². The van der Waals surface area contributed by atoms with E-state index in [2.05, 4.69) is 15.3 Å². The first kappa shape index (κ1) is 16.9. The number of nitrogens with zero attached hydrogens (tertiary/aromatic N) is 2. The molecule has 3 rings (SSSR count). The molecule has 0 spiro atoms. The number of benzene rings is 1. The molecule has 122 valence electrons. The highest BCUT2D eigenvalue weighted by atomic mass is 35.5. The minimum atomic E-state index is -0.220. The molecule has 7 heteroatoms. The number of carbonyl (C=O) groups is 1. The molecule has 1 N–H and O–H groups in total. The molecule has 0 aliphatic heterocycles. The number of pyridine rings is 1. The van der Waals surface area contributed by atoms with Crippen LogP contribution in [0.4, 0.5) is 0 Å². The summed E-state index contributed by atoms with van der Waals surface area (Å²) < 4.78 is 0. The summed E-state index contributed by atoms with van der Waals surface area (Å²) in [4.78, 5) is 20.7. The fourth-order valence-electron chi connectivity index (χ4n) is 2.13. The fourth-order valence-corrected chi connectivity index (χ4v) is 3.43. The number of hydrogen-bond donors (Lipinski definition) is 1. The van der Waals surface area contributed by atoms with Crippen LogP contribution >= 0.6 is 34.5 Å². The quantitative estimate of drug-likeness (QED) is 0.712. The Bertz CT molecular complexity index is 852. The number of amides is 1. The minimum Gasteiger partial charge on any atom is -0.352 e. The largest absolute Gasteiger partial charge is 0.352 e. The SMILES string of the molecule is O=C(NCCc1nc(-c2ccncc2)cs1)c1ccc(Cl)cc1Cl. The topological polar surface area (TPSA) is 54.9 Å². The lowest BCUT2D eigenvalue weighted by atomic mass is 10.2. The highest BCUT2D eigenvalue weighted by Gasteiger charge is 2.11. The molecule has 0 radical (unpaired) electrons. The molecule has 0 unspecified atom stereocenters. The van der Waals surface area contributed by atoms with Gasteiger partial charge in [0.2, 0.25) is 0 Å². The van der Waals surface area contributed by atoms with E-state index in [0.717, 1.165) is 16.3 Å². The van der Waals surface area contributed by atoms with Gasteiger partial charge in [0.05, 0.1) is 21.3 Å². The van der Waals surface area contributed by atoms with Crippen molar-refractivity contribution in [2.75, 3.05) is 6.54 Å². The Hall–Kier alpha value is -1.95. The van der Waals surface area contributed by atoms with Crippen LogP contribution in [0.1, 0.15) is 15.4 Å². The van der Waals surface area contributed by atoms with Crippen LogP contribution in [0.2, 0.25) is 10.0 Å². The number of rotatable bonds is 5. The first-order chi connectivity index (χ1) is 11.6. The van der Waals surface area contributed by atoms with Crippen LogP contribution in [0.15, 0.2) is 48.1 Å². The summed E-state index contributed by atoms with van der Waals surface area (Å²) >= 11 is 13.4. The second-order valence-corrected chi connectivity index (χ2v) is 6.78. The van der Waals surface area contributed by atoms with Crippen LogP contribution in [0, 0.1) is 0 Å². The number of hydrogen-bond acceptors (Lipinski definition) is 4. The van der Waals surface area contributed by atoms with Crippen molar-refractivity contribution in [1.29, 1.82) is 0 Å². The molecule has 0 aliphatic rings. The predicted octanol–water partition coefficient (Wildman–Crippen LogP) is 4.48. The lowest BCUT2D eigenvalue weighted by Gasteiger charge is -2.06. The third-order valence-electron chi connectivity index (χ3n) is 3.33. The Morgan fingerprint density at radius 3 is 2.71 bits per heavy atom. The monoisotopic (exact) mass is 377 g/mol. The molecule has 24 heavy (non-hydrogen) atoms. The molecule has 0 aliphatic carbocycles. The Balaban J connectivity index is 1.57. The number of nitrogens with one attached hydrogen (secondary N) is 1. The summed E-state index contributed by atoms with van der Waals surface area (Å²) in [6.45, 7) is 0.487. The van der Waals surface area contributed by atoms with Gasteiger partial charge in [0, 0.05) is 41.3 Å². The zero-order valence-electron chi connectivity index (χ0n) is 12.5. The first-order valence-electron chi connectivity index (χ1n) is 7.21. The second kappa shape index (κ2) is 7.75. The minimum absolute atomic E-state index is 0.220. The van der Waals surface area contributed by atoms with Gasteiger partial charge in [-0.05, 0) is 30.3 Å². The Kier molecular flexibility index (Phi) is 5.45. The van der Waals surface area contributed by atoms with Crippen molar-refractivity contribution in [2.24, 2.45) is 0 Å². The maximum Gasteiger partial charge on any atom is 0.252 e. The highest BCUT2D eigenvalue weighted by Crippen LogP contribution is 2.22. The molecule has 0 fully saturated rings. The average Bonchev–Trinajstić information content (AvgIpc) is 3.04. The number of halogens is 2. The summed E-state index contributed by atoms with van der Waals surface area (Å²) in [5, 5.41) is 6.66. The zero-order chi connectivity index (χ0) is 16.9. The predicted molar refractivity (Wildman–Crippen MR) is 97.8 cm³/mol. The van der Waals surface area contributed by atoms with E-state index in [1.165, 1.54) is 0 Å². The van der Waals surface area contributed by atoms with Gasteiger partial charge in [0.25, 0.3) is 5.91 Å². The summed E-state index contributed by atoms with van der Waals surface area (Å²) in [7, 11) is 0. The van der Waals surface area contributed by atoms with Gasteiger partial charge in [-0.1, -0.05) is 23.2 Å². The number of carbonyl (C=O) groups excluding carboxylic acids is 1. The van der Waals surface area contributed by atoms with Gasteiger partial charge in [-0.2, -0.15) is 0 Å². The van der Waals surface area contributed by atoms with Crippen LogP contribution < -0.4 is 5.32 Å². The van der Waals surface area contributed by atoms with E-state index < -0.39 is 0 Å². The van der Waals surface area contributed by atoms with E-state index in [1.54, 1.807) is 41.9 Å². The molecular weight excluding hydrogens is 365 g/mol. The Labute approximate surface area is 153 Å². The van der Waals surface area contributed by atoms with E-state index >= 15 is 0 Å². The van der Waals surface area contributed by atoms with E-state index in [9.17, 15) is 4.79 Å². The maximum atomic E-state index is 12.1. The van der Waals surface area contributed by atoms with Crippen molar-refractivity contribution in [3.8, 4) is 11.3 Å². The first-order valence-corrected chi connectivity index (χ1v) is 8.85. The van der Waals surface area contributed by atoms with Gasteiger partial charge in [0.1, 0.15) is 0 Å². The van der Waals surface area contributed by atoms with Crippen LogP contribution in [0.3, 0.4) is 0 Å². The smallest absolute Gasteiger partial charge is 0.252 e. The lowest BCUT2D eigenvalue weighted by Crippen LogP contribution is -2.25. The second-order valence-electron chi connectivity index (χ2n) is 4.99. The molecule has 2 aromatic heterocycles. The standard InChI is InChI=1S/C17H13Cl2N3OS/c18-12-1-2-13(14(19)9-12)17(23)21-8-5-16-22-15(10-24-16)11-3-6-20-7-4-11/h1-4,6-7,9-10H,5,8H2,(H,21,23). The van der Waals surface area contributed by atoms with Crippen molar-refractivity contribution in [3.05, 3.63) is 68.7 Å². The van der Waals surface area contributed by atoms with Crippen molar-refractivity contribution in [3.63, 3.8) is 0 Å². The van der Waals surface area contributed by atoms with Gasteiger partial charge in [-0.15, -0.1) is 11.3 Å². The third kappa shape index (κ3) is 4.12. The van der Waals surface area contributed by atoms with Gasteiger partial charge in [0.15, 0.2) is 0 Å². The van der Waals surface area contributed by atoms with Crippen molar-refractivity contribution in [2.45, 2.75) is 6.42 Å². The number of thiazole rings is 1. The lowest BCUT2D eigenvalue weighted by molar-refractivity contribution is 0.0954. The van der Waals surface area contributed by atoms with E-state index in [4.69, 9.17) is 23.2 Å². The number of aromatic nitrogens is 2. The third-order valence-corrected chi connectivity index (χ3v) is 4.78. The van der Waals surface area contributed by atoms with Gasteiger partial charge < -0.3 is 5.32 Å². The molecule has 0 saturated heterocycles. The van der Waals surface area contributed by atoms with Crippen LogP contribution in [0.25, 0.3) is 11.3 Å². The van der Waals surface area contributed by atoms with E-state index in [0.29, 0.717) is 28.6 Å². The molecule has 4 nitrogen and oxygen atoms in total. The van der Waals surface area contributed by atoms with Gasteiger partial charge in [-0.25, -0.2) is 4.98 Å². The highest BCUT2D eigenvalue weighted by molar-refractivity contribution is 7.09. The molecule has 3 aromatic rings. The zero-order valence-corrected chi connectivity index (χ0v) is 14.8. The fraction of sp³-hybridized carbons (Fsp3) is 0.118. The van der Waals surface area contributed by atoms with Gasteiger partial charge in [-0.3, -0.25) is 9.78 Å². The maximum absolute atomic E-state index is 12.1. The molecule has 2 heterocycles. The van der Waals surface area contributed by atoms with Crippen molar-refractivity contribution >= 4 is 40.4 Å². The summed E-state index contributed by atoms with van der Waals surface area (Å²) in [5.74, 6) is -0.220.